The van der Waals surface area contributed by atoms with Crippen LogP contribution in [0.5, 0.6) is 0 Å². The van der Waals surface area contributed by atoms with Crippen LogP contribution >= 0.6 is 23.2 Å². The van der Waals surface area contributed by atoms with Crippen molar-refractivity contribution < 1.29 is 9.21 Å². The Hall–Kier alpha value is -1.51. The Balaban J connectivity index is 2.23. The highest BCUT2D eigenvalue weighted by atomic mass is 35.5. The van der Waals surface area contributed by atoms with Gasteiger partial charge >= 0.3 is 0 Å². The molecule has 86 valence electrons. The van der Waals surface area contributed by atoms with Gasteiger partial charge in [0, 0.05) is 10.6 Å². The predicted molar refractivity (Wildman–Crippen MR) is 68.5 cm³/mol. The maximum atomic E-state index is 11.8. The summed E-state index contributed by atoms with van der Waals surface area (Å²) in [6.45, 7) is 0. The quantitative estimate of drug-likeness (QED) is 0.606. The molecule has 2 aromatic rings. The molecule has 2 rings (SSSR count). The SMILES string of the molecule is O=C(/C=C/c1ccco1)c1cc(Cl)ccc1Cl. The van der Waals surface area contributed by atoms with E-state index in [1.54, 1.807) is 36.4 Å². The molecule has 0 saturated carbocycles. The van der Waals surface area contributed by atoms with Gasteiger partial charge in [0.15, 0.2) is 5.78 Å². The zero-order valence-corrected chi connectivity index (χ0v) is 10.2. The number of carbonyl (C=O) groups is 1. The van der Waals surface area contributed by atoms with E-state index < -0.39 is 0 Å². The minimum absolute atomic E-state index is 0.214. The summed E-state index contributed by atoms with van der Waals surface area (Å²) in [5.41, 5.74) is 0.377. The standard InChI is InChI=1S/C13H8Cl2O2/c14-9-3-5-12(15)11(8-9)13(16)6-4-10-2-1-7-17-10/h1-8H/b6-4+. The number of hydrogen-bond donors (Lipinski definition) is 0. The molecule has 0 saturated heterocycles. The average Bonchev–Trinajstić information content (AvgIpc) is 2.82. The molecule has 4 heteroatoms. The molecular formula is C13H8Cl2O2. The van der Waals surface area contributed by atoms with Crippen molar-refractivity contribution in [3.05, 3.63) is 64.0 Å². The van der Waals surface area contributed by atoms with Gasteiger partial charge in [0.05, 0.1) is 11.3 Å². The van der Waals surface area contributed by atoms with Crippen LogP contribution < -0.4 is 0 Å². The van der Waals surface area contributed by atoms with Gasteiger partial charge in [0.1, 0.15) is 5.76 Å². The Morgan fingerprint density at radius 1 is 1.24 bits per heavy atom. The molecule has 0 unspecified atom stereocenters. The van der Waals surface area contributed by atoms with Gasteiger partial charge < -0.3 is 4.42 Å². The van der Waals surface area contributed by atoms with E-state index in [1.165, 1.54) is 12.3 Å². The number of hydrogen-bond acceptors (Lipinski definition) is 2. The molecule has 0 aliphatic heterocycles. The minimum atomic E-state index is -0.214. The summed E-state index contributed by atoms with van der Waals surface area (Å²) in [6, 6.07) is 8.27. The van der Waals surface area contributed by atoms with E-state index >= 15 is 0 Å². The first-order chi connectivity index (χ1) is 8.16. The molecule has 0 aliphatic rings. The first-order valence-corrected chi connectivity index (χ1v) is 5.63. The van der Waals surface area contributed by atoms with Crippen molar-refractivity contribution in [2.24, 2.45) is 0 Å². The van der Waals surface area contributed by atoms with Crippen LogP contribution in [-0.2, 0) is 0 Å². The summed E-state index contributed by atoms with van der Waals surface area (Å²) in [4.78, 5) is 11.8. The number of rotatable bonds is 3. The lowest BCUT2D eigenvalue weighted by molar-refractivity contribution is 0.104. The lowest BCUT2D eigenvalue weighted by Crippen LogP contribution is -1.95. The zero-order chi connectivity index (χ0) is 12.3. The maximum absolute atomic E-state index is 11.8. The van der Waals surface area contributed by atoms with Gasteiger partial charge in [-0.2, -0.15) is 0 Å². The molecule has 0 atom stereocenters. The second-order valence-electron chi connectivity index (χ2n) is 3.34. The minimum Gasteiger partial charge on any atom is -0.465 e. The van der Waals surface area contributed by atoms with Crippen LogP contribution in [0.2, 0.25) is 10.0 Å². The maximum Gasteiger partial charge on any atom is 0.187 e. The molecule has 0 N–H and O–H groups in total. The molecule has 0 aliphatic carbocycles. The third kappa shape index (κ3) is 2.99. The highest BCUT2D eigenvalue weighted by Crippen LogP contribution is 2.21. The third-order valence-corrected chi connectivity index (χ3v) is 2.70. The topological polar surface area (TPSA) is 30.2 Å². The Morgan fingerprint density at radius 2 is 2.06 bits per heavy atom. The summed E-state index contributed by atoms with van der Waals surface area (Å²) in [6.07, 6.45) is 4.52. The van der Waals surface area contributed by atoms with E-state index in [2.05, 4.69) is 0 Å². The molecule has 0 spiro atoms. The van der Waals surface area contributed by atoms with Gasteiger partial charge in [-0.3, -0.25) is 4.79 Å². The number of allylic oxidation sites excluding steroid dienone is 1. The summed E-state index contributed by atoms with van der Waals surface area (Å²) in [5, 5.41) is 0.854. The first-order valence-electron chi connectivity index (χ1n) is 4.88. The van der Waals surface area contributed by atoms with Crippen molar-refractivity contribution in [3.63, 3.8) is 0 Å². The molecule has 17 heavy (non-hydrogen) atoms. The van der Waals surface area contributed by atoms with E-state index in [-0.39, 0.29) is 5.78 Å². The van der Waals surface area contributed by atoms with Crippen molar-refractivity contribution in [1.82, 2.24) is 0 Å². The summed E-state index contributed by atoms with van der Waals surface area (Å²) in [5.74, 6) is 0.394. The van der Waals surface area contributed by atoms with Gasteiger partial charge in [-0.15, -0.1) is 0 Å². The average molecular weight is 267 g/mol. The zero-order valence-electron chi connectivity index (χ0n) is 8.69. The van der Waals surface area contributed by atoms with Gasteiger partial charge in [-0.05, 0) is 42.5 Å². The number of carbonyl (C=O) groups excluding carboxylic acids is 1. The molecule has 1 aromatic heterocycles. The molecule has 0 fully saturated rings. The molecule has 1 heterocycles. The van der Waals surface area contributed by atoms with E-state index in [1.807, 2.05) is 0 Å². The molecule has 0 radical (unpaired) electrons. The van der Waals surface area contributed by atoms with Crippen molar-refractivity contribution >= 4 is 35.1 Å². The van der Waals surface area contributed by atoms with E-state index in [0.717, 1.165) is 0 Å². The Morgan fingerprint density at radius 3 is 2.76 bits per heavy atom. The molecule has 1 aromatic carbocycles. The summed E-state index contributed by atoms with van der Waals surface area (Å²) < 4.78 is 5.08. The van der Waals surface area contributed by atoms with Gasteiger partial charge in [-0.1, -0.05) is 23.2 Å². The van der Waals surface area contributed by atoms with Crippen LogP contribution in [0, 0.1) is 0 Å². The highest BCUT2D eigenvalue weighted by molar-refractivity contribution is 6.36. The van der Waals surface area contributed by atoms with Gasteiger partial charge in [-0.25, -0.2) is 0 Å². The monoisotopic (exact) mass is 266 g/mol. The Kier molecular flexibility index (Phi) is 3.67. The van der Waals surface area contributed by atoms with Crippen LogP contribution in [-0.4, -0.2) is 5.78 Å². The number of benzene rings is 1. The fraction of sp³-hybridized carbons (Fsp3) is 0. The van der Waals surface area contributed by atoms with E-state index in [9.17, 15) is 4.79 Å². The first kappa shape index (κ1) is 12.0. The fourth-order valence-electron chi connectivity index (χ4n) is 1.32. The lowest BCUT2D eigenvalue weighted by atomic mass is 10.1. The smallest absolute Gasteiger partial charge is 0.187 e. The van der Waals surface area contributed by atoms with Crippen LogP contribution in [0.3, 0.4) is 0 Å². The van der Waals surface area contributed by atoms with Crippen LogP contribution in [0.25, 0.3) is 6.08 Å². The number of furan rings is 1. The van der Waals surface area contributed by atoms with Crippen molar-refractivity contribution in [2.75, 3.05) is 0 Å². The van der Waals surface area contributed by atoms with Gasteiger partial charge in [0.2, 0.25) is 0 Å². The second-order valence-corrected chi connectivity index (χ2v) is 4.18. The van der Waals surface area contributed by atoms with Crippen LogP contribution in [0.1, 0.15) is 16.1 Å². The third-order valence-electron chi connectivity index (χ3n) is 2.14. The Bertz CT molecular complexity index is 557. The highest BCUT2D eigenvalue weighted by Gasteiger charge is 2.08. The summed E-state index contributed by atoms with van der Waals surface area (Å²) in [7, 11) is 0. The molecule has 0 bridgehead atoms. The largest absolute Gasteiger partial charge is 0.465 e. The van der Waals surface area contributed by atoms with E-state index in [4.69, 9.17) is 27.6 Å². The van der Waals surface area contributed by atoms with Crippen LogP contribution in [0.15, 0.2) is 47.1 Å². The molecular weight excluding hydrogens is 259 g/mol. The molecule has 2 nitrogen and oxygen atoms in total. The Labute approximate surface area is 108 Å². The van der Waals surface area contributed by atoms with Gasteiger partial charge in [0.25, 0.3) is 0 Å². The van der Waals surface area contributed by atoms with Crippen LogP contribution in [0.4, 0.5) is 0 Å². The van der Waals surface area contributed by atoms with E-state index in [0.29, 0.717) is 21.4 Å². The predicted octanol–water partition coefficient (Wildman–Crippen LogP) is 4.48. The summed E-state index contributed by atoms with van der Waals surface area (Å²) >= 11 is 11.7. The number of ketones is 1. The van der Waals surface area contributed by atoms with Crippen molar-refractivity contribution in [1.29, 1.82) is 0 Å². The second kappa shape index (κ2) is 5.21. The normalized spacial score (nSPS) is 10.9. The fourth-order valence-corrected chi connectivity index (χ4v) is 1.70. The molecule has 0 amide bonds. The van der Waals surface area contributed by atoms with Crippen molar-refractivity contribution in [2.45, 2.75) is 0 Å². The number of halogens is 2. The lowest BCUT2D eigenvalue weighted by Gasteiger charge is -1.99. The van der Waals surface area contributed by atoms with Crippen molar-refractivity contribution in [3.8, 4) is 0 Å².